The third kappa shape index (κ3) is 5.80. The van der Waals surface area contributed by atoms with Crippen molar-refractivity contribution in [3.63, 3.8) is 0 Å². The summed E-state index contributed by atoms with van der Waals surface area (Å²) in [6, 6.07) is 7.66. The molecule has 1 saturated carbocycles. The standard InChI is InChI=1S/C25H26FN5O5S/c1-25(34,14-32)18-10-22(36-13-18)37(28,35)31-24(33)30-23-17(7-15-3-2-4-15)8-19(26)11-21(23)16-5-6-29-20(9-16)12-27/h5-6,8-11,13,15,32,34H,2-4,7,14H2,1H3,(H3,28,30,31,33,35). The molecule has 0 radical (unpaired) electrons. The summed E-state index contributed by atoms with van der Waals surface area (Å²) in [6.45, 7) is 0.669. The number of carbonyl (C=O) groups excluding carboxylic acids is 1. The molecule has 5 N–H and O–H groups in total. The Balaban J connectivity index is 1.66. The van der Waals surface area contributed by atoms with Crippen molar-refractivity contribution in [3.8, 4) is 17.2 Å². The third-order valence-corrected chi connectivity index (χ3v) is 7.62. The Kier molecular flexibility index (Phi) is 7.31. The van der Waals surface area contributed by atoms with Gasteiger partial charge in [0, 0.05) is 23.4 Å². The average molecular weight is 528 g/mol. The van der Waals surface area contributed by atoms with E-state index in [0.29, 0.717) is 29.0 Å². The van der Waals surface area contributed by atoms with Crippen LogP contribution >= 0.6 is 0 Å². The van der Waals surface area contributed by atoms with Crippen molar-refractivity contribution in [1.29, 1.82) is 10.0 Å². The zero-order valence-corrected chi connectivity index (χ0v) is 20.8. The molecule has 2 amide bonds. The lowest BCUT2D eigenvalue weighted by molar-refractivity contribution is -0.00272. The maximum absolute atomic E-state index is 14.7. The second-order valence-corrected chi connectivity index (χ2v) is 10.9. The molecule has 1 aliphatic rings. The van der Waals surface area contributed by atoms with Gasteiger partial charge in [-0.1, -0.05) is 19.3 Å². The Morgan fingerprint density at radius 3 is 2.78 bits per heavy atom. The van der Waals surface area contributed by atoms with E-state index in [0.717, 1.165) is 31.6 Å². The number of aliphatic hydroxyl groups excluding tert-OH is 1. The van der Waals surface area contributed by atoms with Gasteiger partial charge in [0.1, 0.15) is 23.2 Å². The van der Waals surface area contributed by atoms with Gasteiger partial charge in [-0.15, -0.1) is 0 Å². The quantitative estimate of drug-likeness (QED) is 0.294. The Bertz CT molecular complexity index is 1470. The van der Waals surface area contributed by atoms with Crippen LogP contribution in [0.1, 0.15) is 43.0 Å². The molecular weight excluding hydrogens is 501 g/mol. The summed E-state index contributed by atoms with van der Waals surface area (Å²) in [6.07, 6.45) is 5.98. The Hall–Kier alpha value is -3.79. The van der Waals surface area contributed by atoms with Crippen molar-refractivity contribution in [2.75, 3.05) is 11.9 Å². The molecule has 2 atom stereocenters. The SMILES string of the molecule is CC(O)(CO)c1coc(S(=N)(=O)NC(=O)Nc2c(CC3CCC3)cc(F)cc2-c2ccnc(C#N)c2)c1. The molecule has 10 nitrogen and oxygen atoms in total. The first-order valence-corrected chi connectivity index (χ1v) is 13.1. The number of pyridine rings is 1. The van der Waals surface area contributed by atoms with Crippen LogP contribution in [0.3, 0.4) is 0 Å². The molecule has 0 bridgehead atoms. The lowest BCUT2D eigenvalue weighted by atomic mass is 9.80. The van der Waals surface area contributed by atoms with Gasteiger partial charge in [-0.2, -0.15) is 5.26 Å². The molecule has 37 heavy (non-hydrogen) atoms. The number of benzene rings is 1. The maximum Gasteiger partial charge on any atom is 0.332 e. The number of carbonyl (C=O) groups is 1. The van der Waals surface area contributed by atoms with Crippen LogP contribution < -0.4 is 10.0 Å². The van der Waals surface area contributed by atoms with Gasteiger partial charge in [0.15, 0.2) is 9.92 Å². The number of rotatable bonds is 8. The van der Waals surface area contributed by atoms with Gasteiger partial charge < -0.3 is 19.9 Å². The number of nitrogens with zero attached hydrogens (tertiary/aromatic N) is 2. The fourth-order valence-corrected chi connectivity index (χ4v) is 4.92. The molecule has 12 heteroatoms. The first-order valence-electron chi connectivity index (χ1n) is 11.5. The van der Waals surface area contributed by atoms with Gasteiger partial charge in [-0.25, -0.2) is 27.9 Å². The number of nitrogens with one attached hydrogen (secondary N) is 3. The summed E-state index contributed by atoms with van der Waals surface area (Å²) in [7, 11) is -4.00. The van der Waals surface area contributed by atoms with Crippen LogP contribution in [0.4, 0.5) is 14.9 Å². The van der Waals surface area contributed by atoms with Crippen LogP contribution in [-0.4, -0.2) is 32.0 Å². The van der Waals surface area contributed by atoms with Crippen LogP contribution in [0, 0.1) is 27.8 Å². The van der Waals surface area contributed by atoms with Crippen molar-refractivity contribution in [2.45, 2.75) is 43.3 Å². The lowest BCUT2D eigenvalue weighted by Gasteiger charge is -2.27. The summed E-state index contributed by atoms with van der Waals surface area (Å²) in [5, 5.41) is 30.9. The molecule has 1 fully saturated rings. The molecule has 3 aromatic rings. The van der Waals surface area contributed by atoms with Gasteiger partial charge in [-0.05, 0) is 54.7 Å². The minimum atomic E-state index is -4.00. The predicted octanol–water partition coefficient (Wildman–Crippen LogP) is 4.04. The number of anilines is 1. The average Bonchev–Trinajstić information content (AvgIpc) is 3.35. The Morgan fingerprint density at radius 1 is 1.38 bits per heavy atom. The van der Waals surface area contributed by atoms with E-state index in [4.69, 9.17) is 9.20 Å². The number of halogens is 1. The summed E-state index contributed by atoms with van der Waals surface area (Å²) < 4.78 is 43.0. The second-order valence-electron chi connectivity index (χ2n) is 9.23. The van der Waals surface area contributed by atoms with Crippen molar-refractivity contribution < 1.29 is 28.0 Å². The van der Waals surface area contributed by atoms with E-state index in [-0.39, 0.29) is 16.9 Å². The van der Waals surface area contributed by atoms with Gasteiger partial charge in [0.05, 0.1) is 18.6 Å². The van der Waals surface area contributed by atoms with Crippen molar-refractivity contribution in [2.24, 2.45) is 5.92 Å². The molecule has 2 heterocycles. The van der Waals surface area contributed by atoms with Crippen LogP contribution in [0.25, 0.3) is 11.1 Å². The Morgan fingerprint density at radius 2 is 2.14 bits per heavy atom. The summed E-state index contributed by atoms with van der Waals surface area (Å²) in [5.74, 6) is -0.194. The number of urea groups is 1. The molecule has 1 aromatic carbocycles. The Labute approximate surface area is 213 Å². The first kappa shape index (κ1) is 26.3. The van der Waals surface area contributed by atoms with Crippen molar-refractivity contribution in [1.82, 2.24) is 9.71 Å². The van der Waals surface area contributed by atoms with E-state index in [1.807, 2.05) is 6.07 Å². The summed E-state index contributed by atoms with van der Waals surface area (Å²) in [5.41, 5.74) is 0.0523. The first-order chi connectivity index (χ1) is 17.5. The number of nitriles is 1. The normalized spacial score (nSPS) is 16.6. The fraction of sp³-hybridized carbons (Fsp3) is 0.320. The third-order valence-electron chi connectivity index (χ3n) is 6.37. The minimum Gasteiger partial charge on any atom is -0.452 e. The monoisotopic (exact) mass is 527 g/mol. The lowest BCUT2D eigenvalue weighted by Crippen LogP contribution is -2.34. The highest BCUT2D eigenvalue weighted by Crippen LogP contribution is 2.37. The number of aromatic nitrogens is 1. The highest BCUT2D eigenvalue weighted by atomic mass is 32.2. The molecule has 4 rings (SSSR count). The molecule has 1 aliphatic carbocycles. The van der Waals surface area contributed by atoms with Gasteiger partial charge in [0.25, 0.3) is 0 Å². The van der Waals surface area contributed by atoms with Gasteiger partial charge in [0.2, 0.25) is 5.09 Å². The molecule has 0 aliphatic heterocycles. The fourth-order valence-electron chi connectivity index (χ4n) is 4.03. The number of furan rings is 1. The van der Waals surface area contributed by atoms with Gasteiger partial charge >= 0.3 is 6.03 Å². The van der Waals surface area contributed by atoms with E-state index in [2.05, 4.69) is 15.0 Å². The number of aliphatic hydroxyl groups is 2. The molecule has 2 aromatic heterocycles. The topological polar surface area (TPSA) is 172 Å². The molecule has 2 unspecified atom stereocenters. The van der Waals surface area contributed by atoms with Crippen molar-refractivity contribution >= 4 is 21.6 Å². The molecule has 0 spiro atoms. The van der Waals surface area contributed by atoms with Crippen molar-refractivity contribution in [3.05, 3.63) is 65.4 Å². The van der Waals surface area contributed by atoms with E-state index in [1.165, 1.54) is 31.3 Å². The molecule has 194 valence electrons. The highest BCUT2D eigenvalue weighted by molar-refractivity contribution is 7.91. The van der Waals surface area contributed by atoms with Crippen LogP contribution in [0.5, 0.6) is 0 Å². The maximum atomic E-state index is 14.7. The van der Waals surface area contributed by atoms with E-state index in [1.54, 1.807) is 6.07 Å². The summed E-state index contributed by atoms with van der Waals surface area (Å²) in [4.78, 5) is 16.9. The highest BCUT2D eigenvalue weighted by Gasteiger charge is 2.28. The zero-order valence-electron chi connectivity index (χ0n) is 20.0. The number of amides is 2. The zero-order chi connectivity index (χ0) is 26.8. The molecule has 0 saturated heterocycles. The van der Waals surface area contributed by atoms with E-state index in [9.17, 15) is 28.9 Å². The summed E-state index contributed by atoms with van der Waals surface area (Å²) >= 11 is 0. The smallest absolute Gasteiger partial charge is 0.332 e. The van der Waals surface area contributed by atoms with Gasteiger partial charge in [-0.3, -0.25) is 0 Å². The minimum absolute atomic E-state index is 0.0850. The van der Waals surface area contributed by atoms with Crippen LogP contribution in [0.15, 0.2) is 52.3 Å². The van der Waals surface area contributed by atoms with E-state index >= 15 is 0 Å². The predicted molar refractivity (Wildman–Crippen MR) is 132 cm³/mol. The van der Waals surface area contributed by atoms with Crippen LogP contribution in [-0.2, 0) is 21.9 Å². The van der Waals surface area contributed by atoms with Crippen LogP contribution in [0.2, 0.25) is 0 Å². The largest absolute Gasteiger partial charge is 0.452 e. The van der Waals surface area contributed by atoms with E-state index < -0.39 is 39.1 Å². The molecular formula is C25H26FN5O5S. The number of hydrogen-bond acceptors (Lipinski definition) is 8. The number of hydrogen-bond donors (Lipinski definition) is 5. The second kappa shape index (κ2) is 10.3.